The van der Waals surface area contributed by atoms with Gasteiger partial charge in [-0.1, -0.05) is 92.7 Å². The molecule has 0 aliphatic heterocycles. The SMILES string of the molecule is O=C1C(Br)CCCCCCCCCC1(Br)Br. The van der Waals surface area contributed by atoms with Crippen LogP contribution in [0.4, 0.5) is 0 Å². The van der Waals surface area contributed by atoms with Crippen LogP contribution in [0.3, 0.4) is 0 Å². The average molecular weight is 419 g/mol. The fourth-order valence-corrected chi connectivity index (χ4v) is 4.48. The molecule has 1 aliphatic rings. The molecule has 94 valence electrons. The monoisotopic (exact) mass is 416 g/mol. The van der Waals surface area contributed by atoms with Gasteiger partial charge in [-0.15, -0.1) is 0 Å². The quantitative estimate of drug-likeness (QED) is 0.486. The van der Waals surface area contributed by atoms with Gasteiger partial charge in [0.15, 0.2) is 5.78 Å². The number of alkyl halides is 3. The van der Waals surface area contributed by atoms with Crippen molar-refractivity contribution in [2.45, 2.75) is 65.8 Å². The summed E-state index contributed by atoms with van der Waals surface area (Å²) in [6.45, 7) is 0. The third kappa shape index (κ3) is 5.18. The Labute approximate surface area is 124 Å². The average Bonchev–Trinajstić information content (AvgIpc) is 2.24. The highest BCUT2D eigenvalue weighted by atomic mass is 79.9. The zero-order valence-corrected chi connectivity index (χ0v) is 14.2. The first-order chi connectivity index (χ1) is 7.54. The molecule has 16 heavy (non-hydrogen) atoms. The van der Waals surface area contributed by atoms with Crippen molar-refractivity contribution in [3.8, 4) is 0 Å². The van der Waals surface area contributed by atoms with E-state index in [-0.39, 0.29) is 10.6 Å². The van der Waals surface area contributed by atoms with Crippen LogP contribution in [0.1, 0.15) is 57.8 Å². The maximum absolute atomic E-state index is 12.1. The lowest BCUT2D eigenvalue weighted by atomic mass is 10.0. The zero-order chi connectivity index (χ0) is 12.0. The lowest BCUT2D eigenvalue weighted by Crippen LogP contribution is -2.32. The normalized spacial score (nSPS) is 29.2. The molecule has 1 aliphatic carbocycles. The molecular formula is C12H19Br3O. The number of halogens is 3. The molecule has 1 unspecified atom stereocenters. The second-order valence-corrected chi connectivity index (χ2v) is 9.43. The smallest absolute Gasteiger partial charge is 0.173 e. The van der Waals surface area contributed by atoms with Crippen LogP contribution < -0.4 is 0 Å². The van der Waals surface area contributed by atoms with Gasteiger partial charge in [0.1, 0.15) is 3.23 Å². The van der Waals surface area contributed by atoms with E-state index >= 15 is 0 Å². The van der Waals surface area contributed by atoms with E-state index in [1.54, 1.807) is 0 Å². The van der Waals surface area contributed by atoms with Crippen LogP contribution in [0, 0.1) is 0 Å². The van der Waals surface area contributed by atoms with E-state index < -0.39 is 3.23 Å². The Morgan fingerprint density at radius 1 is 0.938 bits per heavy atom. The molecule has 1 nitrogen and oxygen atoms in total. The molecule has 0 amide bonds. The van der Waals surface area contributed by atoms with Crippen LogP contribution in [0.25, 0.3) is 0 Å². The molecule has 0 saturated heterocycles. The molecule has 0 aromatic heterocycles. The largest absolute Gasteiger partial charge is 0.296 e. The molecule has 0 aromatic carbocycles. The van der Waals surface area contributed by atoms with Crippen LogP contribution in [0.2, 0.25) is 0 Å². The van der Waals surface area contributed by atoms with E-state index in [1.807, 2.05) is 0 Å². The Balaban J connectivity index is 2.55. The predicted octanol–water partition coefficient (Wildman–Crippen LogP) is 5.33. The number of rotatable bonds is 0. The summed E-state index contributed by atoms with van der Waals surface area (Å²) < 4.78 is -0.507. The highest BCUT2D eigenvalue weighted by molar-refractivity contribution is 9.26. The highest BCUT2D eigenvalue weighted by Gasteiger charge is 2.35. The van der Waals surface area contributed by atoms with Gasteiger partial charge in [0, 0.05) is 0 Å². The van der Waals surface area contributed by atoms with Crippen molar-refractivity contribution < 1.29 is 4.79 Å². The second kappa shape index (κ2) is 7.52. The summed E-state index contributed by atoms with van der Waals surface area (Å²) in [7, 11) is 0. The van der Waals surface area contributed by atoms with Gasteiger partial charge in [-0.25, -0.2) is 0 Å². The Morgan fingerprint density at radius 2 is 1.44 bits per heavy atom. The van der Waals surface area contributed by atoms with Crippen molar-refractivity contribution in [1.82, 2.24) is 0 Å². The molecule has 0 radical (unpaired) electrons. The summed E-state index contributed by atoms with van der Waals surface area (Å²) in [5, 5.41) is 0. The molecule has 0 spiro atoms. The number of Topliss-reactive ketones (excluding diaryl/α,β-unsaturated/α-hetero) is 1. The van der Waals surface area contributed by atoms with Crippen molar-refractivity contribution in [2.75, 3.05) is 0 Å². The number of carbonyl (C=O) groups excluding carboxylic acids is 1. The molecular weight excluding hydrogens is 400 g/mol. The van der Waals surface area contributed by atoms with Gasteiger partial charge in [0.2, 0.25) is 0 Å². The predicted molar refractivity (Wildman–Crippen MR) is 79.9 cm³/mol. The van der Waals surface area contributed by atoms with E-state index in [0.29, 0.717) is 0 Å². The Hall–Kier alpha value is 1.11. The Bertz CT molecular complexity index is 228. The summed E-state index contributed by atoms with van der Waals surface area (Å²) in [5.74, 6) is 0.244. The van der Waals surface area contributed by atoms with E-state index in [9.17, 15) is 4.79 Å². The fraction of sp³-hybridized carbons (Fsp3) is 0.917. The number of carbonyl (C=O) groups is 1. The summed E-state index contributed by atoms with van der Waals surface area (Å²) in [4.78, 5) is 12.1. The van der Waals surface area contributed by atoms with Gasteiger partial charge in [0.25, 0.3) is 0 Å². The molecule has 0 N–H and O–H groups in total. The summed E-state index contributed by atoms with van der Waals surface area (Å²) in [6.07, 6.45) is 10.6. The lowest BCUT2D eigenvalue weighted by molar-refractivity contribution is -0.118. The van der Waals surface area contributed by atoms with Crippen LogP contribution in [-0.2, 0) is 4.79 Å². The minimum absolute atomic E-state index is 0.00863. The van der Waals surface area contributed by atoms with E-state index in [4.69, 9.17) is 0 Å². The maximum atomic E-state index is 12.1. The second-order valence-electron chi connectivity index (χ2n) is 4.55. The summed E-state index contributed by atoms with van der Waals surface area (Å²) in [6, 6.07) is 0. The topological polar surface area (TPSA) is 17.1 Å². The fourth-order valence-electron chi connectivity index (χ4n) is 2.04. The zero-order valence-electron chi connectivity index (χ0n) is 9.48. The number of ketones is 1. The summed E-state index contributed by atoms with van der Waals surface area (Å²) >= 11 is 10.6. The minimum atomic E-state index is -0.507. The molecule has 0 bridgehead atoms. The first-order valence-electron chi connectivity index (χ1n) is 6.10. The Kier molecular flexibility index (Phi) is 7.13. The van der Waals surface area contributed by atoms with Crippen molar-refractivity contribution in [3.63, 3.8) is 0 Å². The van der Waals surface area contributed by atoms with Gasteiger partial charge >= 0.3 is 0 Å². The van der Waals surface area contributed by atoms with E-state index in [0.717, 1.165) is 25.7 Å². The van der Waals surface area contributed by atoms with Crippen LogP contribution >= 0.6 is 47.8 Å². The standard InChI is InChI=1S/C12H19Br3O/c13-10-8-6-4-2-1-3-5-7-9-12(14,15)11(10)16/h10H,1-9H2. The first kappa shape index (κ1) is 15.2. The molecule has 4 heteroatoms. The highest BCUT2D eigenvalue weighted by Crippen LogP contribution is 2.37. The molecule has 0 heterocycles. The van der Waals surface area contributed by atoms with Crippen LogP contribution in [0.15, 0.2) is 0 Å². The third-order valence-electron chi connectivity index (χ3n) is 3.09. The van der Waals surface area contributed by atoms with Gasteiger partial charge in [0.05, 0.1) is 4.83 Å². The number of hydrogen-bond donors (Lipinski definition) is 0. The van der Waals surface area contributed by atoms with Crippen LogP contribution in [0.5, 0.6) is 0 Å². The maximum Gasteiger partial charge on any atom is 0.173 e. The lowest BCUT2D eigenvalue weighted by Gasteiger charge is -2.22. The molecule has 1 rings (SSSR count). The van der Waals surface area contributed by atoms with E-state index in [1.165, 1.54) is 32.1 Å². The molecule has 0 aromatic rings. The van der Waals surface area contributed by atoms with Gasteiger partial charge < -0.3 is 0 Å². The van der Waals surface area contributed by atoms with E-state index in [2.05, 4.69) is 47.8 Å². The molecule has 1 fully saturated rings. The van der Waals surface area contributed by atoms with Crippen LogP contribution in [-0.4, -0.2) is 13.8 Å². The van der Waals surface area contributed by atoms with Gasteiger partial charge in [-0.3, -0.25) is 4.79 Å². The number of hydrogen-bond acceptors (Lipinski definition) is 1. The molecule has 1 atom stereocenters. The van der Waals surface area contributed by atoms with Crippen molar-refractivity contribution in [2.24, 2.45) is 0 Å². The minimum Gasteiger partial charge on any atom is -0.296 e. The summed E-state index contributed by atoms with van der Waals surface area (Å²) in [5.41, 5.74) is 0. The van der Waals surface area contributed by atoms with Crippen molar-refractivity contribution in [1.29, 1.82) is 0 Å². The van der Waals surface area contributed by atoms with Gasteiger partial charge in [-0.05, 0) is 12.8 Å². The van der Waals surface area contributed by atoms with Gasteiger partial charge in [-0.2, -0.15) is 0 Å². The molecule has 1 saturated carbocycles. The van der Waals surface area contributed by atoms with Crippen molar-refractivity contribution >= 4 is 53.6 Å². The Morgan fingerprint density at radius 3 is 2.06 bits per heavy atom. The first-order valence-corrected chi connectivity index (χ1v) is 8.60. The van der Waals surface area contributed by atoms with Crippen molar-refractivity contribution in [3.05, 3.63) is 0 Å². The third-order valence-corrected chi connectivity index (χ3v) is 5.54.